The van der Waals surface area contributed by atoms with Crippen LogP contribution in [0.5, 0.6) is 0 Å². The van der Waals surface area contributed by atoms with Gasteiger partial charge in [0.15, 0.2) is 0 Å². The number of hydrogen-bond acceptors (Lipinski definition) is 5. The molecule has 1 heterocycles. The molecule has 0 unspecified atom stereocenters. The predicted molar refractivity (Wildman–Crippen MR) is 73.8 cm³/mol. The monoisotopic (exact) mass is 350 g/mol. The Morgan fingerprint density at radius 2 is 2.10 bits per heavy atom. The lowest BCUT2D eigenvalue weighted by atomic mass is 10.2. The van der Waals surface area contributed by atoms with E-state index in [1.807, 2.05) is 0 Å². The molecule has 0 spiro atoms. The van der Waals surface area contributed by atoms with Gasteiger partial charge in [-0.05, 0) is 12.1 Å². The van der Waals surface area contributed by atoms with E-state index in [0.29, 0.717) is 0 Å². The van der Waals surface area contributed by atoms with Crippen molar-refractivity contribution >= 4 is 39.2 Å². The van der Waals surface area contributed by atoms with Gasteiger partial charge < -0.3 is 5.11 Å². The number of nitrogens with zero attached hydrogens (tertiary/aromatic N) is 2. The minimum absolute atomic E-state index is 0.0585. The van der Waals surface area contributed by atoms with Gasteiger partial charge in [-0.3, -0.25) is 5.10 Å². The minimum Gasteiger partial charge on any atom is -0.478 e. The zero-order valence-corrected chi connectivity index (χ0v) is 12.5. The van der Waals surface area contributed by atoms with Gasteiger partial charge in [-0.25, -0.2) is 22.9 Å². The molecule has 1 aromatic heterocycles. The first-order chi connectivity index (χ1) is 9.81. The Balaban J connectivity index is 2.37. The lowest BCUT2D eigenvalue weighted by Gasteiger charge is -2.09. The second kappa shape index (κ2) is 5.98. The largest absolute Gasteiger partial charge is 0.478 e. The number of hydrogen-bond donors (Lipinski definition) is 3. The fourth-order valence-corrected chi connectivity index (χ4v) is 3.36. The minimum atomic E-state index is -4.06. The average molecular weight is 351 g/mol. The molecule has 11 heteroatoms. The second-order valence-corrected chi connectivity index (χ2v) is 6.38. The highest BCUT2D eigenvalue weighted by Crippen LogP contribution is 2.29. The first-order valence-corrected chi connectivity index (χ1v) is 7.61. The summed E-state index contributed by atoms with van der Waals surface area (Å²) < 4.78 is 26.5. The van der Waals surface area contributed by atoms with E-state index in [9.17, 15) is 13.2 Å². The maximum Gasteiger partial charge on any atom is 0.337 e. The first-order valence-electron chi connectivity index (χ1n) is 5.37. The van der Waals surface area contributed by atoms with Crippen molar-refractivity contribution in [3.8, 4) is 0 Å². The van der Waals surface area contributed by atoms with Gasteiger partial charge >= 0.3 is 5.97 Å². The van der Waals surface area contributed by atoms with Gasteiger partial charge in [0.25, 0.3) is 0 Å². The number of benzene rings is 1. The van der Waals surface area contributed by atoms with Crippen LogP contribution in [-0.2, 0) is 16.6 Å². The van der Waals surface area contributed by atoms with Gasteiger partial charge in [-0.15, -0.1) is 0 Å². The number of sulfonamides is 1. The quantitative estimate of drug-likeness (QED) is 0.745. The van der Waals surface area contributed by atoms with E-state index in [1.54, 1.807) is 0 Å². The molecule has 0 saturated heterocycles. The number of halogens is 2. The summed E-state index contributed by atoms with van der Waals surface area (Å²) in [7, 11) is -4.06. The van der Waals surface area contributed by atoms with Crippen molar-refractivity contribution in [1.82, 2.24) is 19.9 Å². The van der Waals surface area contributed by atoms with E-state index in [1.165, 1.54) is 6.33 Å². The van der Waals surface area contributed by atoms with Gasteiger partial charge in [-0.2, -0.15) is 5.10 Å². The zero-order valence-electron chi connectivity index (χ0n) is 10.2. The van der Waals surface area contributed by atoms with Crippen molar-refractivity contribution < 1.29 is 18.3 Å². The van der Waals surface area contributed by atoms with Crippen LogP contribution in [0.25, 0.3) is 0 Å². The van der Waals surface area contributed by atoms with E-state index in [-0.39, 0.29) is 17.4 Å². The number of aromatic amines is 1. The van der Waals surface area contributed by atoms with Crippen molar-refractivity contribution in [2.24, 2.45) is 0 Å². The summed E-state index contributed by atoms with van der Waals surface area (Å²) in [6.45, 7) is -0.159. The summed E-state index contributed by atoms with van der Waals surface area (Å²) in [5.41, 5.74) is -0.399. The van der Waals surface area contributed by atoms with E-state index in [4.69, 9.17) is 28.3 Å². The summed E-state index contributed by atoms with van der Waals surface area (Å²) in [5.74, 6) is -1.09. The summed E-state index contributed by atoms with van der Waals surface area (Å²) in [6, 6.07) is 2.14. The number of carboxylic acid groups (broad SMARTS) is 1. The SMILES string of the molecule is O=C(O)c1cc(Cl)cc(S(=O)(=O)NCc2ncn[nH]2)c1Cl. The van der Waals surface area contributed by atoms with Crippen LogP contribution in [0, 0.1) is 0 Å². The molecule has 1 aromatic carbocycles. The van der Waals surface area contributed by atoms with E-state index >= 15 is 0 Å². The Morgan fingerprint density at radius 3 is 2.67 bits per heavy atom. The Morgan fingerprint density at radius 1 is 1.38 bits per heavy atom. The number of carboxylic acids is 1. The van der Waals surface area contributed by atoms with E-state index in [2.05, 4.69) is 19.9 Å². The van der Waals surface area contributed by atoms with E-state index < -0.39 is 31.5 Å². The molecule has 0 bridgehead atoms. The Hall–Kier alpha value is -1.68. The Bertz CT molecular complexity index is 777. The molecule has 0 radical (unpaired) electrons. The maximum atomic E-state index is 12.2. The highest BCUT2D eigenvalue weighted by atomic mass is 35.5. The average Bonchev–Trinajstić information content (AvgIpc) is 2.91. The van der Waals surface area contributed by atoms with Gasteiger partial charge in [0.2, 0.25) is 10.0 Å². The van der Waals surface area contributed by atoms with Crippen molar-refractivity contribution in [2.75, 3.05) is 0 Å². The summed E-state index contributed by atoms with van der Waals surface area (Å²) in [5, 5.41) is 14.5. The van der Waals surface area contributed by atoms with Crippen LogP contribution in [0.2, 0.25) is 10.0 Å². The summed E-state index contributed by atoms with van der Waals surface area (Å²) >= 11 is 11.6. The highest BCUT2D eigenvalue weighted by Gasteiger charge is 2.23. The molecule has 0 amide bonds. The Kier molecular flexibility index (Phi) is 4.47. The maximum absolute atomic E-state index is 12.2. The topological polar surface area (TPSA) is 125 Å². The molecule has 0 saturated carbocycles. The molecule has 2 aromatic rings. The van der Waals surface area contributed by atoms with Crippen molar-refractivity contribution in [3.05, 3.63) is 39.9 Å². The molecule has 0 aliphatic carbocycles. The normalized spacial score (nSPS) is 11.5. The third-order valence-electron chi connectivity index (χ3n) is 2.42. The number of aromatic nitrogens is 3. The molecule has 0 fully saturated rings. The Labute approximate surface area is 129 Å². The molecule has 112 valence electrons. The summed E-state index contributed by atoms with van der Waals surface area (Å²) in [4.78, 5) is 14.3. The third kappa shape index (κ3) is 3.50. The molecule has 2 rings (SSSR count). The lowest BCUT2D eigenvalue weighted by molar-refractivity contribution is 0.0697. The molecule has 8 nitrogen and oxygen atoms in total. The highest BCUT2D eigenvalue weighted by molar-refractivity contribution is 7.89. The van der Waals surface area contributed by atoms with Crippen LogP contribution >= 0.6 is 23.2 Å². The molecule has 0 atom stereocenters. The molecule has 0 aliphatic rings. The predicted octanol–water partition coefficient (Wildman–Crippen LogP) is 1.29. The number of H-pyrrole nitrogens is 1. The zero-order chi connectivity index (χ0) is 15.6. The van der Waals surface area contributed by atoms with Gasteiger partial charge in [-0.1, -0.05) is 23.2 Å². The fourth-order valence-electron chi connectivity index (χ4n) is 1.47. The number of rotatable bonds is 5. The van der Waals surface area contributed by atoms with Crippen LogP contribution in [0.4, 0.5) is 0 Å². The molecular formula is C10H8Cl2N4O4S. The van der Waals surface area contributed by atoms with Gasteiger partial charge in [0, 0.05) is 5.02 Å². The number of aromatic carboxylic acids is 1. The molecule has 0 aliphatic heterocycles. The van der Waals surface area contributed by atoms with Crippen molar-refractivity contribution in [2.45, 2.75) is 11.4 Å². The molecular weight excluding hydrogens is 343 g/mol. The first kappa shape index (κ1) is 15.7. The number of carbonyl (C=O) groups is 1. The van der Waals surface area contributed by atoms with Crippen molar-refractivity contribution in [1.29, 1.82) is 0 Å². The van der Waals surface area contributed by atoms with E-state index in [0.717, 1.165) is 12.1 Å². The molecule has 3 N–H and O–H groups in total. The fraction of sp³-hybridized carbons (Fsp3) is 0.100. The smallest absolute Gasteiger partial charge is 0.337 e. The van der Waals surface area contributed by atoms with Crippen LogP contribution in [-0.4, -0.2) is 34.7 Å². The van der Waals surface area contributed by atoms with Crippen molar-refractivity contribution in [3.63, 3.8) is 0 Å². The second-order valence-electron chi connectivity index (χ2n) is 3.83. The van der Waals surface area contributed by atoms with Crippen LogP contribution in [0.3, 0.4) is 0 Å². The molecule has 21 heavy (non-hydrogen) atoms. The van der Waals surface area contributed by atoms with Crippen LogP contribution in [0.1, 0.15) is 16.2 Å². The third-order valence-corrected chi connectivity index (χ3v) is 4.58. The standard InChI is InChI=1S/C10H8Cl2N4O4S/c11-5-1-6(10(17)18)9(12)7(2-5)21(19,20)15-3-8-13-4-14-16-8/h1-2,4,15H,3H2,(H,17,18)(H,13,14,16). The lowest BCUT2D eigenvalue weighted by Crippen LogP contribution is -2.24. The van der Waals surface area contributed by atoms with Crippen LogP contribution in [0.15, 0.2) is 23.4 Å². The van der Waals surface area contributed by atoms with Gasteiger partial charge in [0.05, 0.1) is 17.1 Å². The van der Waals surface area contributed by atoms with Gasteiger partial charge in [0.1, 0.15) is 17.0 Å². The number of nitrogens with one attached hydrogen (secondary N) is 2. The van der Waals surface area contributed by atoms with Crippen LogP contribution < -0.4 is 4.72 Å². The summed E-state index contributed by atoms with van der Waals surface area (Å²) in [6.07, 6.45) is 1.22.